The molecular weight excluding hydrogens is 263 g/mol. The standard InChI is InChI=1S/C12H12F3NO3/c13-6-3-8(14)11(15)9(4-6)16-5-7-1-2-10(19-7)12(17)18/h3-4,7,10,16H,1-2,5H2,(H,17,18). The number of aliphatic carboxylic acids is 1. The van der Waals surface area contributed by atoms with Gasteiger partial charge < -0.3 is 15.2 Å². The molecule has 2 N–H and O–H groups in total. The van der Waals surface area contributed by atoms with Gasteiger partial charge in [-0.3, -0.25) is 0 Å². The van der Waals surface area contributed by atoms with Gasteiger partial charge in [0.1, 0.15) is 5.82 Å². The second-order valence-corrected chi connectivity index (χ2v) is 4.29. The van der Waals surface area contributed by atoms with Crippen LogP contribution in [0, 0.1) is 17.5 Å². The van der Waals surface area contributed by atoms with Crippen molar-refractivity contribution >= 4 is 11.7 Å². The average Bonchev–Trinajstić information content (AvgIpc) is 2.81. The third-order valence-electron chi connectivity index (χ3n) is 2.90. The predicted molar refractivity (Wildman–Crippen MR) is 60.3 cm³/mol. The molecule has 0 spiro atoms. The van der Waals surface area contributed by atoms with Crippen molar-refractivity contribution in [3.63, 3.8) is 0 Å². The van der Waals surface area contributed by atoms with E-state index >= 15 is 0 Å². The van der Waals surface area contributed by atoms with Crippen molar-refractivity contribution in [1.29, 1.82) is 0 Å². The summed E-state index contributed by atoms with van der Waals surface area (Å²) < 4.78 is 44.4. The lowest BCUT2D eigenvalue weighted by Gasteiger charge is -2.14. The van der Waals surface area contributed by atoms with E-state index in [1.807, 2.05) is 0 Å². The van der Waals surface area contributed by atoms with Gasteiger partial charge in [-0.2, -0.15) is 0 Å². The van der Waals surface area contributed by atoms with Gasteiger partial charge in [0.15, 0.2) is 17.7 Å². The van der Waals surface area contributed by atoms with Crippen molar-refractivity contribution in [3.8, 4) is 0 Å². The summed E-state index contributed by atoms with van der Waals surface area (Å²) in [5.41, 5.74) is -0.306. The van der Waals surface area contributed by atoms with E-state index in [9.17, 15) is 18.0 Å². The Balaban J connectivity index is 1.95. The van der Waals surface area contributed by atoms with Crippen LogP contribution in [-0.4, -0.2) is 29.8 Å². The lowest BCUT2D eigenvalue weighted by Crippen LogP contribution is -2.24. The monoisotopic (exact) mass is 275 g/mol. The number of hydrogen-bond donors (Lipinski definition) is 2. The van der Waals surface area contributed by atoms with Crippen LogP contribution in [0.2, 0.25) is 0 Å². The SMILES string of the molecule is O=C(O)C1CCC(CNc2cc(F)cc(F)c2F)O1. The summed E-state index contributed by atoms with van der Waals surface area (Å²) in [5.74, 6) is -4.39. The first kappa shape index (κ1) is 13.7. The quantitative estimate of drug-likeness (QED) is 0.827. The number of hydrogen-bond acceptors (Lipinski definition) is 3. The normalized spacial score (nSPS) is 22.5. The van der Waals surface area contributed by atoms with Crippen LogP contribution in [0.25, 0.3) is 0 Å². The summed E-state index contributed by atoms with van der Waals surface area (Å²) in [7, 11) is 0. The molecule has 0 aliphatic carbocycles. The molecule has 1 aliphatic heterocycles. The summed E-state index contributed by atoms with van der Waals surface area (Å²) in [6, 6.07) is 1.29. The van der Waals surface area contributed by atoms with Crippen LogP contribution < -0.4 is 5.32 Å². The van der Waals surface area contributed by atoms with Crippen molar-refractivity contribution in [3.05, 3.63) is 29.6 Å². The van der Waals surface area contributed by atoms with Crippen molar-refractivity contribution in [1.82, 2.24) is 0 Å². The molecule has 104 valence electrons. The van der Waals surface area contributed by atoms with E-state index in [-0.39, 0.29) is 12.2 Å². The fourth-order valence-electron chi connectivity index (χ4n) is 1.95. The molecule has 2 rings (SSSR count). The van der Waals surface area contributed by atoms with E-state index in [1.54, 1.807) is 0 Å². The Morgan fingerprint density at radius 3 is 2.74 bits per heavy atom. The summed E-state index contributed by atoms with van der Waals surface area (Å²) in [5, 5.41) is 11.3. The van der Waals surface area contributed by atoms with Crippen molar-refractivity contribution in [2.45, 2.75) is 25.0 Å². The first-order valence-corrected chi connectivity index (χ1v) is 5.74. The van der Waals surface area contributed by atoms with E-state index in [0.717, 1.165) is 6.07 Å². The summed E-state index contributed by atoms with van der Waals surface area (Å²) >= 11 is 0. The molecule has 19 heavy (non-hydrogen) atoms. The number of benzene rings is 1. The highest BCUT2D eigenvalue weighted by Crippen LogP contribution is 2.23. The largest absolute Gasteiger partial charge is 0.479 e. The van der Waals surface area contributed by atoms with Crippen LogP contribution in [0.15, 0.2) is 12.1 Å². The van der Waals surface area contributed by atoms with Gasteiger partial charge in [0.2, 0.25) is 0 Å². The number of carboxylic acids is 1. The number of halogens is 3. The Kier molecular flexibility index (Phi) is 3.94. The maximum atomic E-state index is 13.3. The van der Waals surface area contributed by atoms with Crippen LogP contribution in [0.5, 0.6) is 0 Å². The number of carboxylic acid groups (broad SMARTS) is 1. The second-order valence-electron chi connectivity index (χ2n) is 4.29. The van der Waals surface area contributed by atoms with E-state index in [2.05, 4.69) is 5.32 Å². The molecule has 2 unspecified atom stereocenters. The molecule has 1 saturated heterocycles. The van der Waals surface area contributed by atoms with Crippen molar-refractivity contribution in [2.24, 2.45) is 0 Å². The molecular formula is C12H12F3NO3. The predicted octanol–water partition coefficient (Wildman–Crippen LogP) is 2.15. The Morgan fingerprint density at radius 1 is 1.37 bits per heavy atom. The highest BCUT2D eigenvalue weighted by molar-refractivity contribution is 5.72. The van der Waals surface area contributed by atoms with Crippen molar-refractivity contribution in [2.75, 3.05) is 11.9 Å². The number of rotatable bonds is 4. The average molecular weight is 275 g/mol. The highest BCUT2D eigenvalue weighted by Gasteiger charge is 2.30. The van der Waals surface area contributed by atoms with Gasteiger partial charge in [-0.05, 0) is 12.8 Å². The topological polar surface area (TPSA) is 58.6 Å². The van der Waals surface area contributed by atoms with Gasteiger partial charge in [-0.1, -0.05) is 0 Å². The lowest BCUT2D eigenvalue weighted by atomic mass is 10.2. The smallest absolute Gasteiger partial charge is 0.332 e. The molecule has 0 amide bonds. The number of carbonyl (C=O) groups is 1. The first-order chi connectivity index (χ1) is 8.97. The number of anilines is 1. The van der Waals surface area contributed by atoms with Gasteiger partial charge in [0, 0.05) is 18.7 Å². The Hall–Kier alpha value is -1.76. The fourth-order valence-corrected chi connectivity index (χ4v) is 1.95. The lowest BCUT2D eigenvalue weighted by molar-refractivity contribution is -0.149. The highest BCUT2D eigenvalue weighted by atomic mass is 19.2. The van der Waals surface area contributed by atoms with Crippen LogP contribution in [0.1, 0.15) is 12.8 Å². The Bertz CT molecular complexity index is 495. The molecule has 1 aromatic rings. The zero-order valence-corrected chi connectivity index (χ0v) is 9.83. The van der Waals surface area contributed by atoms with Gasteiger partial charge in [0.25, 0.3) is 0 Å². The minimum Gasteiger partial charge on any atom is -0.479 e. The van der Waals surface area contributed by atoms with Gasteiger partial charge in [-0.25, -0.2) is 18.0 Å². The second kappa shape index (κ2) is 5.48. The number of ether oxygens (including phenoxy) is 1. The third-order valence-corrected chi connectivity index (χ3v) is 2.90. The first-order valence-electron chi connectivity index (χ1n) is 5.74. The third kappa shape index (κ3) is 3.17. The molecule has 1 fully saturated rings. The fraction of sp³-hybridized carbons (Fsp3) is 0.417. The summed E-state index contributed by atoms with van der Waals surface area (Å²) in [4.78, 5) is 10.7. The number of nitrogens with one attached hydrogen (secondary N) is 1. The van der Waals surface area contributed by atoms with E-state index in [0.29, 0.717) is 18.9 Å². The minimum atomic E-state index is -1.28. The van der Waals surface area contributed by atoms with E-state index < -0.39 is 35.6 Å². The molecule has 4 nitrogen and oxygen atoms in total. The van der Waals surface area contributed by atoms with Crippen LogP contribution in [0.3, 0.4) is 0 Å². The molecule has 7 heteroatoms. The summed E-state index contributed by atoms with van der Waals surface area (Å²) in [6.07, 6.45) is -0.446. The zero-order chi connectivity index (χ0) is 14.0. The molecule has 0 aromatic heterocycles. The van der Waals surface area contributed by atoms with Gasteiger partial charge >= 0.3 is 5.97 Å². The maximum absolute atomic E-state index is 13.3. The van der Waals surface area contributed by atoms with Crippen LogP contribution in [-0.2, 0) is 9.53 Å². The molecule has 0 radical (unpaired) electrons. The molecule has 1 aromatic carbocycles. The van der Waals surface area contributed by atoms with Crippen molar-refractivity contribution < 1.29 is 27.8 Å². The van der Waals surface area contributed by atoms with Gasteiger partial charge in [0.05, 0.1) is 11.8 Å². The van der Waals surface area contributed by atoms with Crippen LogP contribution in [0.4, 0.5) is 18.9 Å². The molecule has 0 saturated carbocycles. The Morgan fingerprint density at radius 2 is 2.11 bits per heavy atom. The van der Waals surface area contributed by atoms with Gasteiger partial charge in [-0.15, -0.1) is 0 Å². The van der Waals surface area contributed by atoms with E-state index in [1.165, 1.54) is 0 Å². The van der Waals surface area contributed by atoms with Crippen LogP contribution >= 0.6 is 0 Å². The molecule has 2 atom stereocenters. The van der Waals surface area contributed by atoms with E-state index in [4.69, 9.17) is 9.84 Å². The maximum Gasteiger partial charge on any atom is 0.332 e. The summed E-state index contributed by atoms with van der Waals surface area (Å²) in [6.45, 7) is 0.0869. The Labute approximate surface area is 107 Å². The minimum absolute atomic E-state index is 0.0869. The molecule has 1 heterocycles. The molecule has 0 bridgehead atoms. The zero-order valence-electron chi connectivity index (χ0n) is 9.83. The molecule has 1 aliphatic rings.